The van der Waals surface area contributed by atoms with E-state index in [1.165, 1.54) is 0 Å². The molecule has 0 saturated heterocycles. The zero-order chi connectivity index (χ0) is 9.84. The van der Waals surface area contributed by atoms with E-state index in [4.69, 9.17) is 16.9 Å². The minimum atomic E-state index is 0.304. The summed E-state index contributed by atoms with van der Waals surface area (Å²) >= 11 is 7.44. The van der Waals surface area contributed by atoms with Gasteiger partial charge in [-0.2, -0.15) is 5.26 Å². The molecule has 2 nitrogen and oxygen atoms in total. The second-order valence-corrected chi connectivity index (χ2v) is 4.13. The number of hydrogen-bond donors (Lipinski definition) is 0. The van der Waals surface area contributed by atoms with E-state index in [1.54, 1.807) is 11.8 Å². The third-order valence-corrected chi connectivity index (χ3v) is 2.62. The zero-order valence-corrected chi connectivity index (χ0v) is 9.04. The van der Waals surface area contributed by atoms with Gasteiger partial charge in [0.1, 0.15) is 11.2 Å². The molecule has 0 saturated carbocycles. The predicted octanol–water partition coefficient (Wildman–Crippen LogP) is 3.03. The van der Waals surface area contributed by atoms with Crippen molar-refractivity contribution in [3.05, 3.63) is 22.3 Å². The fourth-order valence-corrected chi connectivity index (χ4v) is 2.01. The van der Waals surface area contributed by atoms with E-state index in [1.807, 2.05) is 26.0 Å². The summed E-state index contributed by atoms with van der Waals surface area (Å²) in [5.41, 5.74) is 1.36. The van der Waals surface area contributed by atoms with Crippen molar-refractivity contribution in [2.75, 3.05) is 5.75 Å². The Labute approximate surface area is 86.9 Å². The van der Waals surface area contributed by atoms with Gasteiger partial charge in [0.2, 0.25) is 0 Å². The molecule has 0 amide bonds. The van der Waals surface area contributed by atoms with E-state index in [0.717, 1.165) is 16.3 Å². The maximum Gasteiger partial charge on any atom is 0.148 e. The molecule has 0 aromatic carbocycles. The van der Waals surface area contributed by atoms with E-state index >= 15 is 0 Å². The standard InChI is InChI=1S/C9H9ClN2S/c1-3-13-8-4-6(2)7(5-11)9(10)12-8/h4H,3H2,1-2H3. The molecule has 0 fully saturated rings. The lowest BCUT2D eigenvalue weighted by molar-refractivity contribution is 1.10. The summed E-state index contributed by atoms with van der Waals surface area (Å²) < 4.78 is 0. The number of aromatic nitrogens is 1. The van der Waals surface area contributed by atoms with Crippen LogP contribution in [0.25, 0.3) is 0 Å². The van der Waals surface area contributed by atoms with Gasteiger partial charge in [0, 0.05) is 0 Å². The molecule has 0 unspecified atom stereocenters. The number of nitriles is 1. The zero-order valence-electron chi connectivity index (χ0n) is 7.47. The van der Waals surface area contributed by atoms with Gasteiger partial charge < -0.3 is 0 Å². The third kappa shape index (κ3) is 2.36. The first-order valence-corrected chi connectivity index (χ1v) is 5.25. The van der Waals surface area contributed by atoms with Gasteiger partial charge in [-0.05, 0) is 24.3 Å². The fourth-order valence-electron chi connectivity index (χ4n) is 0.961. The first-order chi connectivity index (χ1) is 6.19. The number of nitrogens with zero attached hydrogens (tertiary/aromatic N) is 2. The molecule has 0 spiro atoms. The topological polar surface area (TPSA) is 36.7 Å². The van der Waals surface area contributed by atoms with Crippen LogP contribution in [0.1, 0.15) is 18.1 Å². The lowest BCUT2D eigenvalue weighted by Gasteiger charge is -2.02. The molecule has 1 aromatic rings. The highest BCUT2D eigenvalue weighted by Gasteiger charge is 2.06. The van der Waals surface area contributed by atoms with Crippen molar-refractivity contribution < 1.29 is 0 Å². The average Bonchev–Trinajstić information content (AvgIpc) is 2.04. The number of halogens is 1. The van der Waals surface area contributed by atoms with Crippen LogP contribution in [-0.4, -0.2) is 10.7 Å². The minimum absolute atomic E-state index is 0.304. The number of thioether (sulfide) groups is 1. The van der Waals surface area contributed by atoms with E-state index in [-0.39, 0.29) is 0 Å². The second-order valence-electron chi connectivity index (χ2n) is 2.49. The summed E-state index contributed by atoms with van der Waals surface area (Å²) in [6.45, 7) is 3.92. The van der Waals surface area contributed by atoms with Crippen LogP contribution in [0.5, 0.6) is 0 Å². The van der Waals surface area contributed by atoms with Crippen LogP contribution in [0.15, 0.2) is 11.1 Å². The number of aryl methyl sites for hydroxylation is 1. The molecule has 0 aliphatic rings. The molecule has 1 rings (SSSR count). The van der Waals surface area contributed by atoms with Gasteiger partial charge in [0.05, 0.1) is 10.6 Å². The number of rotatable bonds is 2. The molecule has 1 aromatic heterocycles. The quantitative estimate of drug-likeness (QED) is 0.559. The highest BCUT2D eigenvalue weighted by molar-refractivity contribution is 7.99. The van der Waals surface area contributed by atoms with Crippen LogP contribution in [0.2, 0.25) is 5.15 Å². The van der Waals surface area contributed by atoms with Gasteiger partial charge in [-0.25, -0.2) is 4.98 Å². The van der Waals surface area contributed by atoms with Crippen molar-refractivity contribution >= 4 is 23.4 Å². The van der Waals surface area contributed by atoms with Crippen molar-refractivity contribution in [1.82, 2.24) is 4.98 Å². The van der Waals surface area contributed by atoms with E-state index in [2.05, 4.69) is 4.98 Å². The Morgan fingerprint density at radius 1 is 1.69 bits per heavy atom. The summed E-state index contributed by atoms with van der Waals surface area (Å²) in [6, 6.07) is 3.92. The van der Waals surface area contributed by atoms with Crippen LogP contribution in [0.4, 0.5) is 0 Å². The van der Waals surface area contributed by atoms with Crippen LogP contribution in [0, 0.1) is 18.3 Å². The molecule has 13 heavy (non-hydrogen) atoms. The van der Waals surface area contributed by atoms with E-state index in [0.29, 0.717) is 10.7 Å². The minimum Gasteiger partial charge on any atom is -0.228 e. The van der Waals surface area contributed by atoms with Gasteiger partial charge >= 0.3 is 0 Å². The molecular weight excluding hydrogens is 204 g/mol. The summed E-state index contributed by atoms with van der Waals surface area (Å²) in [4.78, 5) is 4.10. The van der Waals surface area contributed by atoms with Crippen LogP contribution in [-0.2, 0) is 0 Å². The Morgan fingerprint density at radius 3 is 2.85 bits per heavy atom. The fraction of sp³-hybridized carbons (Fsp3) is 0.333. The predicted molar refractivity (Wildman–Crippen MR) is 55.1 cm³/mol. The number of hydrogen-bond acceptors (Lipinski definition) is 3. The second kappa shape index (κ2) is 4.50. The van der Waals surface area contributed by atoms with Crippen LogP contribution >= 0.6 is 23.4 Å². The molecule has 0 radical (unpaired) electrons. The monoisotopic (exact) mass is 212 g/mol. The molecule has 68 valence electrons. The van der Waals surface area contributed by atoms with E-state index in [9.17, 15) is 0 Å². The van der Waals surface area contributed by atoms with Crippen molar-refractivity contribution in [1.29, 1.82) is 5.26 Å². The van der Waals surface area contributed by atoms with Crippen LogP contribution in [0.3, 0.4) is 0 Å². The Bertz CT molecular complexity index is 334. The lowest BCUT2D eigenvalue weighted by atomic mass is 10.2. The first kappa shape index (κ1) is 10.4. The highest BCUT2D eigenvalue weighted by Crippen LogP contribution is 2.23. The molecule has 0 aliphatic carbocycles. The van der Waals surface area contributed by atoms with Gasteiger partial charge in [-0.15, -0.1) is 11.8 Å². The lowest BCUT2D eigenvalue weighted by Crippen LogP contribution is -1.90. The largest absolute Gasteiger partial charge is 0.228 e. The van der Waals surface area contributed by atoms with Crippen molar-refractivity contribution in [2.45, 2.75) is 18.9 Å². The smallest absolute Gasteiger partial charge is 0.148 e. The van der Waals surface area contributed by atoms with Gasteiger partial charge in [0.15, 0.2) is 0 Å². The van der Waals surface area contributed by atoms with Crippen LogP contribution < -0.4 is 0 Å². The van der Waals surface area contributed by atoms with E-state index < -0.39 is 0 Å². The van der Waals surface area contributed by atoms with Gasteiger partial charge in [-0.1, -0.05) is 18.5 Å². The van der Waals surface area contributed by atoms with Crippen molar-refractivity contribution in [3.8, 4) is 6.07 Å². The highest BCUT2D eigenvalue weighted by atomic mass is 35.5. The van der Waals surface area contributed by atoms with Crippen molar-refractivity contribution in [3.63, 3.8) is 0 Å². The Balaban J connectivity index is 3.14. The van der Waals surface area contributed by atoms with Gasteiger partial charge in [0.25, 0.3) is 0 Å². The Kier molecular flexibility index (Phi) is 3.58. The molecule has 0 atom stereocenters. The first-order valence-electron chi connectivity index (χ1n) is 3.89. The van der Waals surface area contributed by atoms with Gasteiger partial charge in [-0.3, -0.25) is 0 Å². The van der Waals surface area contributed by atoms with Crippen molar-refractivity contribution in [2.24, 2.45) is 0 Å². The summed E-state index contributed by atoms with van der Waals surface area (Å²) in [5.74, 6) is 0.953. The maximum absolute atomic E-state index is 8.74. The molecule has 0 bridgehead atoms. The molecule has 0 N–H and O–H groups in total. The normalized spacial score (nSPS) is 9.69. The summed E-state index contributed by atoms with van der Waals surface area (Å²) in [5, 5.41) is 9.92. The average molecular weight is 213 g/mol. The molecular formula is C9H9ClN2S. The maximum atomic E-state index is 8.74. The molecule has 1 heterocycles. The summed E-state index contributed by atoms with van der Waals surface area (Å²) in [7, 11) is 0. The Hall–Kier alpha value is -0.720. The Morgan fingerprint density at radius 2 is 2.38 bits per heavy atom. The number of pyridine rings is 1. The molecule has 0 aliphatic heterocycles. The summed E-state index contributed by atoms with van der Waals surface area (Å²) in [6.07, 6.45) is 0. The third-order valence-electron chi connectivity index (χ3n) is 1.55. The SMILES string of the molecule is CCSc1cc(C)c(C#N)c(Cl)n1. The molecule has 4 heteroatoms.